The van der Waals surface area contributed by atoms with Crippen LogP contribution in [0.15, 0.2) is 47.3 Å². The predicted octanol–water partition coefficient (Wildman–Crippen LogP) is 4.09. The molecular formula is C31H36F4N4O5. The number of hydrogen-bond donors (Lipinski definition) is 2. The molecule has 3 N–H and O–H groups in total. The van der Waals surface area contributed by atoms with Crippen LogP contribution in [0, 0.1) is 29.2 Å². The van der Waals surface area contributed by atoms with Gasteiger partial charge in [0, 0.05) is 30.8 Å². The summed E-state index contributed by atoms with van der Waals surface area (Å²) in [6.45, 7) is 5.25. The van der Waals surface area contributed by atoms with Crippen LogP contribution in [0.5, 0.6) is 5.75 Å². The van der Waals surface area contributed by atoms with Crippen LogP contribution in [0.1, 0.15) is 42.6 Å². The number of nitrogens with two attached hydrogens (primary N) is 1. The number of likely N-dealkylation sites (N-methyl/N-ethyl adjacent to an activating group) is 1. The molecule has 2 aromatic carbocycles. The van der Waals surface area contributed by atoms with Crippen molar-refractivity contribution in [3.8, 4) is 11.4 Å². The van der Waals surface area contributed by atoms with E-state index in [4.69, 9.17) is 15.2 Å². The van der Waals surface area contributed by atoms with E-state index in [1.807, 2.05) is 32.8 Å². The van der Waals surface area contributed by atoms with Crippen LogP contribution in [-0.4, -0.2) is 67.7 Å². The van der Waals surface area contributed by atoms with E-state index in [9.17, 15) is 23.2 Å². The van der Waals surface area contributed by atoms with Crippen molar-refractivity contribution in [3.63, 3.8) is 0 Å². The third-order valence-corrected chi connectivity index (χ3v) is 6.52. The minimum Gasteiger partial charge on any atom is -0.493 e. The van der Waals surface area contributed by atoms with Crippen LogP contribution in [0.25, 0.3) is 5.69 Å². The third kappa shape index (κ3) is 8.89. The van der Waals surface area contributed by atoms with Gasteiger partial charge in [-0.25, -0.2) is 17.6 Å². The topological polar surface area (TPSA) is 116 Å². The van der Waals surface area contributed by atoms with Gasteiger partial charge in [0.1, 0.15) is 41.5 Å². The lowest BCUT2D eigenvalue weighted by atomic mass is 10.0. The number of hydrogen-bond acceptors (Lipinski definition) is 8. The van der Waals surface area contributed by atoms with Gasteiger partial charge in [-0.2, -0.15) is 0 Å². The average Bonchev–Trinajstić information content (AvgIpc) is 2.92. The van der Waals surface area contributed by atoms with E-state index in [0.29, 0.717) is 36.6 Å². The summed E-state index contributed by atoms with van der Waals surface area (Å²) in [5.74, 6) is -6.44. The predicted molar refractivity (Wildman–Crippen MR) is 157 cm³/mol. The molecule has 9 nitrogen and oxygen atoms in total. The Kier molecular flexibility index (Phi) is 12.1. The highest BCUT2D eigenvalue weighted by atomic mass is 19.1. The molecule has 0 saturated heterocycles. The first-order valence-corrected chi connectivity index (χ1v) is 14.0. The van der Waals surface area contributed by atoms with Crippen LogP contribution in [0.3, 0.4) is 0 Å². The van der Waals surface area contributed by atoms with Crippen molar-refractivity contribution < 1.29 is 36.6 Å². The molecule has 44 heavy (non-hydrogen) atoms. The Hall–Kier alpha value is -4.23. The van der Waals surface area contributed by atoms with E-state index in [1.54, 1.807) is 0 Å². The van der Waals surface area contributed by atoms with Gasteiger partial charge in [-0.3, -0.25) is 19.0 Å². The molecule has 0 aliphatic heterocycles. The molecule has 3 rings (SSSR count). The molecule has 238 valence electrons. The Bertz CT molecular complexity index is 1520. The summed E-state index contributed by atoms with van der Waals surface area (Å²) >= 11 is 0. The van der Waals surface area contributed by atoms with Crippen molar-refractivity contribution >= 4 is 17.6 Å². The highest BCUT2D eigenvalue weighted by Crippen LogP contribution is 2.27. The molecule has 0 fully saturated rings. The van der Waals surface area contributed by atoms with Gasteiger partial charge in [0.25, 0.3) is 5.56 Å². The van der Waals surface area contributed by atoms with Gasteiger partial charge < -0.3 is 25.4 Å². The zero-order valence-electron chi connectivity index (χ0n) is 25.0. The number of rotatable bonds is 15. The molecule has 1 aromatic heterocycles. The summed E-state index contributed by atoms with van der Waals surface area (Å²) in [7, 11) is 3.75. The Balaban J connectivity index is 1.70. The van der Waals surface area contributed by atoms with E-state index >= 15 is 8.78 Å². The number of aromatic nitrogens is 1. The standard InChI is InChI=1S/C31H36F4N4O5/c1-18(2)14-26(31(42)44-13-11-38(3)4)37-10-5-12-43-20-16-24(34)28(25(35)17-20)39-27(40)9-8-22(30(39)36)29(41)21-7-6-19(32)15-23(21)33/h6-9,15-18,26,37H,5,10-14,36H2,1-4H3/t26-/m1/s1. The normalized spacial score (nSPS) is 12.0. The number of nitrogens with one attached hydrogen (secondary N) is 1. The number of ketones is 1. The summed E-state index contributed by atoms with van der Waals surface area (Å²) in [6.07, 6.45) is 0.953. The van der Waals surface area contributed by atoms with Crippen LogP contribution in [0.4, 0.5) is 23.4 Å². The van der Waals surface area contributed by atoms with Crippen LogP contribution >= 0.6 is 0 Å². The lowest BCUT2D eigenvalue weighted by Crippen LogP contribution is -2.40. The summed E-state index contributed by atoms with van der Waals surface area (Å²) in [5, 5.41) is 3.14. The molecule has 0 amide bonds. The fraction of sp³-hybridized carbons (Fsp3) is 0.387. The third-order valence-electron chi connectivity index (χ3n) is 6.52. The Morgan fingerprint density at radius 1 is 0.955 bits per heavy atom. The number of carbonyl (C=O) groups excluding carboxylic acids is 2. The number of pyridine rings is 1. The number of carbonyl (C=O) groups is 2. The SMILES string of the molecule is CC(C)C[C@@H](NCCCOc1cc(F)c(-n2c(N)c(C(=O)c3ccc(F)cc3F)ccc2=O)c(F)c1)C(=O)OCCN(C)C. The molecule has 0 saturated carbocycles. The van der Waals surface area contributed by atoms with Crippen molar-refractivity contribution in [2.45, 2.75) is 32.7 Å². The first-order valence-electron chi connectivity index (χ1n) is 14.0. The van der Waals surface area contributed by atoms with Gasteiger partial charge in [0.15, 0.2) is 17.4 Å². The Labute approximate surface area is 252 Å². The van der Waals surface area contributed by atoms with E-state index in [1.165, 1.54) is 0 Å². The molecule has 0 unspecified atom stereocenters. The van der Waals surface area contributed by atoms with Gasteiger partial charge in [0.2, 0.25) is 0 Å². The highest BCUT2D eigenvalue weighted by Gasteiger charge is 2.24. The maximum Gasteiger partial charge on any atom is 0.323 e. The molecule has 1 heterocycles. The molecule has 0 spiro atoms. The number of benzene rings is 2. The Morgan fingerprint density at radius 2 is 1.61 bits per heavy atom. The van der Waals surface area contributed by atoms with Crippen molar-refractivity contribution in [2.24, 2.45) is 5.92 Å². The second kappa shape index (κ2) is 15.5. The summed E-state index contributed by atoms with van der Waals surface area (Å²) in [5.41, 5.74) is 3.21. The minimum atomic E-state index is -1.21. The molecule has 3 aromatic rings. The minimum absolute atomic E-state index is 0.0462. The summed E-state index contributed by atoms with van der Waals surface area (Å²) < 4.78 is 69.1. The molecule has 1 atom stereocenters. The summed E-state index contributed by atoms with van der Waals surface area (Å²) in [4.78, 5) is 39.9. The van der Waals surface area contributed by atoms with Gasteiger partial charge in [0.05, 0.1) is 17.7 Å². The maximum atomic E-state index is 15.2. The maximum absolute atomic E-state index is 15.2. The first kappa shape index (κ1) is 34.3. The van der Waals surface area contributed by atoms with E-state index in [-0.39, 0.29) is 30.9 Å². The molecule has 0 radical (unpaired) electrons. The quantitative estimate of drug-likeness (QED) is 0.113. The Morgan fingerprint density at radius 3 is 2.23 bits per heavy atom. The molecule has 0 aliphatic carbocycles. The monoisotopic (exact) mass is 620 g/mol. The van der Waals surface area contributed by atoms with Crippen molar-refractivity contribution in [1.82, 2.24) is 14.8 Å². The number of nitrogens with zero attached hydrogens (tertiary/aromatic N) is 2. The zero-order chi connectivity index (χ0) is 32.6. The van der Waals surface area contributed by atoms with Crippen molar-refractivity contribution in [3.05, 3.63) is 87.2 Å². The number of nitrogen functional groups attached to an aromatic ring is 1. The lowest BCUT2D eigenvalue weighted by Gasteiger charge is -2.20. The van der Waals surface area contributed by atoms with Crippen molar-refractivity contribution in [1.29, 1.82) is 0 Å². The second-order valence-corrected chi connectivity index (χ2v) is 10.8. The number of anilines is 1. The fourth-order valence-electron chi connectivity index (χ4n) is 4.34. The van der Waals surface area contributed by atoms with Crippen LogP contribution < -0.4 is 21.3 Å². The molecular weight excluding hydrogens is 584 g/mol. The zero-order valence-corrected chi connectivity index (χ0v) is 25.0. The molecule has 0 aliphatic rings. The van der Waals surface area contributed by atoms with E-state index < -0.39 is 63.3 Å². The van der Waals surface area contributed by atoms with Gasteiger partial charge in [-0.15, -0.1) is 0 Å². The summed E-state index contributed by atoms with van der Waals surface area (Å²) in [6, 6.07) is 5.30. The van der Waals surface area contributed by atoms with Gasteiger partial charge in [-0.1, -0.05) is 13.8 Å². The van der Waals surface area contributed by atoms with Crippen LogP contribution in [-0.2, 0) is 9.53 Å². The highest BCUT2D eigenvalue weighted by molar-refractivity contribution is 6.11. The number of ether oxygens (including phenoxy) is 2. The largest absolute Gasteiger partial charge is 0.493 e. The molecule has 13 heteroatoms. The first-order chi connectivity index (χ1) is 20.8. The fourth-order valence-corrected chi connectivity index (χ4v) is 4.34. The lowest BCUT2D eigenvalue weighted by molar-refractivity contribution is -0.146. The molecule has 0 bridgehead atoms. The van der Waals surface area contributed by atoms with Crippen LogP contribution in [0.2, 0.25) is 0 Å². The second-order valence-electron chi connectivity index (χ2n) is 10.8. The van der Waals surface area contributed by atoms with E-state index in [0.717, 1.165) is 36.4 Å². The number of esters is 1. The number of halogens is 4. The van der Waals surface area contributed by atoms with E-state index in [2.05, 4.69) is 5.32 Å². The smallest absolute Gasteiger partial charge is 0.323 e. The van der Waals surface area contributed by atoms with Gasteiger partial charge >= 0.3 is 5.97 Å². The average molecular weight is 621 g/mol. The van der Waals surface area contributed by atoms with Gasteiger partial charge in [-0.05, 0) is 57.6 Å². The van der Waals surface area contributed by atoms with Crippen molar-refractivity contribution in [2.75, 3.05) is 46.1 Å².